The minimum Gasteiger partial charge on any atom is -0.456 e. The maximum absolute atomic E-state index is 7.18. The molecule has 1 aromatic heterocycles. The average molecular weight is 766 g/mol. The molecular weight excluding hydrogens is 731 g/mol. The van der Waals surface area contributed by atoms with E-state index in [0.717, 1.165) is 77.6 Å². The molecule has 0 fully saturated rings. The Bertz CT molecular complexity index is 3440. The van der Waals surface area contributed by atoms with E-state index in [1.165, 1.54) is 38.9 Å². The van der Waals surface area contributed by atoms with Gasteiger partial charge in [0.1, 0.15) is 22.7 Å². The van der Waals surface area contributed by atoms with Crippen LogP contribution in [0.2, 0.25) is 0 Å². The highest BCUT2D eigenvalue weighted by Crippen LogP contribution is 2.65. The molecule has 0 N–H and O–H groups in total. The van der Waals surface area contributed by atoms with Gasteiger partial charge in [0, 0.05) is 38.7 Å². The fourth-order valence-corrected chi connectivity index (χ4v) is 10.4. The van der Waals surface area contributed by atoms with E-state index < -0.39 is 5.41 Å². The van der Waals surface area contributed by atoms with Crippen LogP contribution in [-0.2, 0) is 5.41 Å². The van der Waals surface area contributed by atoms with Gasteiger partial charge >= 0.3 is 0 Å². The van der Waals surface area contributed by atoms with E-state index in [0.29, 0.717) is 0 Å². The fraction of sp³-hybridized carbons (Fsp3) is 0.0175. The molecule has 0 saturated heterocycles. The molecule has 60 heavy (non-hydrogen) atoms. The number of furan rings is 1. The van der Waals surface area contributed by atoms with Crippen molar-refractivity contribution in [2.24, 2.45) is 0 Å². The zero-order chi connectivity index (χ0) is 39.4. The Labute approximate surface area is 347 Å². The van der Waals surface area contributed by atoms with Crippen molar-refractivity contribution in [2.45, 2.75) is 5.41 Å². The minimum absolute atomic E-state index is 0.602. The number of ether oxygens (including phenoxy) is 1. The van der Waals surface area contributed by atoms with Crippen molar-refractivity contribution in [3.63, 3.8) is 0 Å². The number of anilines is 3. The third-order valence-electron chi connectivity index (χ3n) is 12.9. The highest BCUT2D eigenvalue weighted by Gasteiger charge is 2.52. The number of fused-ring (bicyclic) bond motifs is 16. The Morgan fingerprint density at radius 1 is 0.367 bits per heavy atom. The normalized spacial score (nSPS) is 13.3. The summed E-state index contributed by atoms with van der Waals surface area (Å²) in [5.74, 6) is 1.85. The van der Waals surface area contributed by atoms with E-state index in [2.05, 4.69) is 205 Å². The van der Waals surface area contributed by atoms with Crippen LogP contribution < -0.4 is 9.64 Å². The number of hydrogen-bond donors (Lipinski definition) is 0. The van der Waals surface area contributed by atoms with E-state index in [-0.39, 0.29) is 0 Å². The quantitative estimate of drug-likeness (QED) is 0.178. The number of para-hydroxylation sites is 2. The van der Waals surface area contributed by atoms with Crippen molar-refractivity contribution in [3.05, 3.63) is 235 Å². The summed E-state index contributed by atoms with van der Waals surface area (Å²) in [7, 11) is 0. The summed E-state index contributed by atoms with van der Waals surface area (Å²) in [6.07, 6.45) is 0. The lowest BCUT2D eigenvalue weighted by atomic mass is 9.65. The van der Waals surface area contributed by atoms with Gasteiger partial charge in [-0.25, -0.2) is 0 Å². The van der Waals surface area contributed by atoms with Gasteiger partial charge in [-0.15, -0.1) is 0 Å². The van der Waals surface area contributed by atoms with Gasteiger partial charge in [-0.2, -0.15) is 0 Å². The van der Waals surface area contributed by atoms with Crippen molar-refractivity contribution in [2.75, 3.05) is 4.90 Å². The second-order valence-electron chi connectivity index (χ2n) is 15.9. The predicted molar refractivity (Wildman–Crippen MR) is 246 cm³/mol. The van der Waals surface area contributed by atoms with Gasteiger partial charge in [0.15, 0.2) is 0 Å². The molecule has 11 aromatic rings. The first-order chi connectivity index (χ1) is 29.8. The highest BCUT2D eigenvalue weighted by atomic mass is 16.5. The minimum atomic E-state index is -0.602. The van der Waals surface area contributed by atoms with Crippen LogP contribution in [0.25, 0.3) is 65.7 Å². The third kappa shape index (κ3) is 4.49. The van der Waals surface area contributed by atoms with Crippen molar-refractivity contribution in [1.29, 1.82) is 0 Å². The summed E-state index contributed by atoms with van der Waals surface area (Å²) in [5.41, 5.74) is 14.1. The lowest BCUT2D eigenvalue weighted by Crippen LogP contribution is -2.32. The number of nitrogens with zero attached hydrogens (tertiary/aromatic N) is 1. The summed E-state index contributed by atoms with van der Waals surface area (Å²) in [5, 5.41) is 6.77. The van der Waals surface area contributed by atoms with Crippen LogP contribution in [0, 0.1) is 0 Å². The molecular formula is C57H35NO2. The second kappa shape index (κ2) is 12.6. The van der Waals surface area contributed by atoms with Gasteiger partial charge in [0.05, 0.1) is 16.5 Å². The van der Waals surface area contributed by atoms with Crippen molar-refractivity contribution in [1.82, 2.24) is 0 Å². The zero-order valence-corrected chi connectivity index (χ0v) is 32.5. The second-order valence-corrected chi connectivity index (χ2v) is 15.9. The molecule has 10 aromatic carbocycles. The molecule has 2 aliphatic rings. The summed E-state index contributed by atoms with van der Waals surface area (Å²) in [4.78, 5) is 2.35. The first-order valence-corrected chi connectivity index (χ1v) is 20.6. The van der Waals surface area contributed by atoms with Gasteiger partial charge in [-0.1, -0.05) is 170 Å². The van der Waals surface area contributed by atoms with Crippen molar-refractivity contribution >= 4 is 60.5 Å². The highest BCUT2D eigenvalue weighted by molar-refractivity contribution is 6.13. The van der Waals surface area contributed by atoms with Crippen molar-refractivity contribution < 1.29 is 9.15 Å². The van der Waals surface area contributed by atoms with Crippen LogP contribution >= 0.6 is 0 Å². The molecule has 3 heteroatoms. The van der Waals surface area contributed by atoms with Crippen LogP contribution in [0.15, 0.2) is 217 Å². The molecule has 3 nitrogen and oxygen atoms in total. The van der Waals surface area contributed by atoms with Gasteiger partial charge in [-0.3, -0.25) is 0 Å². The van der Waals surface area contributed by atoms with E-state index in [1.807, 2.05) is 12.1 Å². The summed E-state index contributed by atoms with van der Waals surface area (Å²) < 4.78 is 13.5. The molecule has 1 spiro atoms. The Kier molecular flexibility index (Phi) is 6.93. The van der Waals surface area contributed by atoms with Crippen LogP contribution in [0.3, 0.4) is 0 Å². The summed E-state index contributed by atoms with van der Waals surface area (Å²) >= 11 is 0. The number of hydrogen-bond acceptors (Lipinski definition) is 3. The molecule has 280 valence electrons. The molecule has 0 amide bonds. The summed E-state index contributed by atoms with van der Waals surface area (Å²) in [6, 6.07) is 76.6. The molecule has 0 bridgehead atoms. The molecule has 2 heterocycles. The Balaban J connectivity index is 1.04. The van der Waals surface area contributed by atoms with E-state index in [4.69, 9.17) is 9.15 Å². The molecule has 1 aliphatic carbocycles. The smallest absolute Gasteiger partial charge is 0.140 e. The fourth-order valence-electron chi connectivity index (χ4n) is 10.4. The lowest BCUT2D eigenvalue weighted by molar-refractivity contribution is 0.447. The van der Waals surface area contributed by atoms with Gasteiger partial charge in [0.2, 0.25) is 0 Å². The maximum Gasteiger partial charge on any atom is 0.140 e. The number of benzene rings is 10. The molecule has 1 aliphatic heterocycles. The Hall–Kier alpha value is -7.88. The van der Waals surface area contributed by atoms with E-state index >= 15 is 0 Å². The molecule has 13 rings (SSSR count). The SMILES string of the molecule is c1ccc(N(c2ccc(-c3cccc4c3-c3ccccc3C43c4ccc5ccccc5c4Oc4c3ccc3ccccc43)cc2)c2cccc3oc4ccccc4c23)cc1. The topological polar surface area (TPSA) is 25.6 Å². The summed E-state index contributed by atoms with van der Waals surface area (Å²) in [6.45, 7) is 0. The van der Waals surface area contributed by atoms with Gasteiger partial charge < -0.3 is 14.1 Å². The van der Waals surface area contributed by atoms with Crippen molar-refractivity contribution in [3.8, 4) is 33.8 Å². The standard InChI is InChI=1S/C57H35NO2/c1-2-16-39(17-3-1)58(50-25-13-27-52-54(50)45-21-9-11-26-51(45)59-52)40-32-28-38(29-33-40)41-22-12-24-47-53(41)44-20-8-10-23-46(44)57(47)48-34-30-36-14-4-6-18-42(36)55(48)60-56-43-19-7-5-15-37(43)31-35-49(56)57/h1-35H. The average Bonchev–Trinajstić information content (AvgIpc) is 3.84. The molecule has 0 atom stereocenters. The molecule has 0 radical (unpaired) electrons. The first-order valence-electron chi connectivity index (χ1n) is 20.6. The third-order valence-corrected chi connectivity index (χ3v) is 12.9. The largest absolute Gasteiger partial charge is 0.456 e. The molecule has 0 saturated carbocycles. The number of rotatable bonds is 4. The van der Waals surface area contributed by atoms with E-state index in [1.54, 1.807) is 0 Å². The zero-order valence-electron chi connectivity index (χ0n) is 32.5. The maximum atomic E-state index is 7.18. The molecule has 0 unspecified atom stereocenters. The van der Waals surface area contributed by atoms with Crippen LogP contribution in [-0.4, -0.2) is 0 Å². The van der Waals surface area contributed by atoms with Gasteiger partial charge in [-0.05, 0) is 86.6 Å². The van der Waals surface area contributed by atoms with E-state index in [9.17, 15) is 0 Å². The monoisotopic (exact) mass is 765 g/mol. The Morgan fingerprint density at radius 3 is 1.68 bits per heavy atom. The van der Waals surface area contributed by atoms with Crippen LogP contribution in [0.1, 0.15) is 22.3 Å². The predicted octanol–water partition coefficient (Wildman–Crippen LogP) is 15.5. The van der Waals surface area contributed by atoms with Gasteiger partial charge in [0.25, 0.3) is 0 Å². The lowest BCUT2D eigenvalue weighted by Gasteiger charge is -2.40. The Morgan fingerprint density at radius 2 is 0.933 bits per heavy atom. The van der Waals surface area contributed by atoms with Crippen LogP contribution in [0.4, 0.5) is 17.1 Å². The first kappa shape index (κ1) is 33.1. The van der Waals surface area contributed by atoms with Crippen LogP contribution in [0.5, 0.6) is 11.5 Å².